The van der Waals surface area contributed by atoms with E-state index in [1.165, 1.54) is 4.31 Å². The van der Waals surface area contributed by atoms with Crippen LogP contribution in [0.1, 0.15) is 32.1 Å². The summed E-state index contributed by atoms with van der Waals surface area (Å²) in [6.45, 7) is 0.719. The van der Waals surface area contributed by atoms with Crippen molar-refractivity contribution >= 4 is 19.9 Å². The molecule has 0 unspecified atom stereocenters. The van der Waals surface area contributed by atoms with Gasteiger partial charge in [0.2, 0.25) is 10.0 Å². The van der Waals surface area contributed by atoms with Gasteiger partial charge in [0, 0.05) is 18.8 Å². The van der Waals surface area contributed by atoms with Gasteiger partial charge in [0.25, 0.3) is 0 Å². The van der Waals surface area contributed by atoms with E-state index in [4.69, 9.17) is 5.73 Å². The van der Waals surface area contributed by atoms with Gasteiger partial charge in [0.1, 0.15) is 0 Å². The van der Waals surface area contributed by atoms with E-state index in [0.29, 0.717) is 19.5 Å². The number of sulfone groups is 1. The fraction of sp³-hybridized carbons (Fsp3) is 1.00. The van der Waals surface area contributed by atoms with E-state index in [1.54, 1.807) is 0 Å². The Bertz CT molecular complexity index is 452. The van der Waals surface area contributed by atoms with Gasteiger partial charge in [-0.2, -0.15) is 4.31 Å². The van der Waals surface area contributed by atoms with Crippen molar-refractivity contribution in [1.29, 1.82) is 0 Å². The molecule has 8 heteroatoms. The molecule has 2 N–H and O–H groups in total. The summed E-state index contributed by atoms with van der Waals surface area (Å²) < 4.78 is 48.1. The van der Waals surface area contributed by atoms with Crippen LogP contribution in [0.15, 0.2) is 0 Å². The predicted molar refractivity (Wildman–Crippen MR) is 71.3 cm³/mol. The first-order valence-electron chi connectivity index (χ1n) is 6.13. The minimum Gasteiger partial charge on any atom is -0.330 e. The molecule has 0 spiro atoms. The van der Waals surface area contributed by atoms with Crippen LogP contribution in [0.25, 0.3) is 0 Å². The highest BCUT2D eigenvalue weighted by atomic mass is 32.3. The van der Waals surface area contributed by atoms with Crippen LogP contribution in [0.5, 0.6) is 0 Å². The van der Waals surface area contributed by atoms with Crippen LogP contribution in [0, 0.1) is 0 Å². The van der Waals surface area contributed by atoms with Crippen molar-refractivity contribution < 1.29 is 16.8 Å². The third-order valence-electron chi connectivity index (χ3n) is 3.03. The van der Waals surface area contributed by atoms with Gasteiger partial charge >= 0.3 is 0 Å². The van der Waals surface area contributed by atoms with Crippen molar-refractivity contribution in [2.24, 2.45) is 5.73 Å². The molecule has 18 heavy (non-hydrogen) atoms. The molecule has 1 aliphatic rings. The van der Waals surface area contributed by atoms with E-state index in [1.807, 2.05) is 0 Å². The lowest BCUT2D eigenvalue weighted by atomic mass is 10.2. The number of sulfonamides is 1. The average Bonchev–Trinajstić information content (AvgIpc) is 2.67. The number of rotatable bonds is 7. The third kappa shape index (κ3) is 4.83. The predicted octanol–water partition coefficient (Wildman–Crippen LogP) is -0.0883. The maximum atomic E-state index is 12.1. The molecule has 0 aliphatic heterocycles. The van der Waals surface area contributed by atoms with Gasteiger partial charge in [0.15, 0.2) is 14.9 Å². The quantitative estimate of drug-likeness (QED) is 0.708. The molecule has 0 bridgehead atoms. The van der Waals surface area contributed by atoms with Gasteiger partial charge < -0.3 is 5.73 Å². The highest BCUT2D eigenvalue weighted by Crippen LogP contribution is 2.26. The zero-order valence-electron chi connectivity index (χ0n) is 10.7. The summed E-state index contributed by atoms with van der Waals surface area (Å²) in [6.07, 6.45) is 5.12. The van der Waals surface area contributed by atoms with E-state index >= 15 is 0 Å². The molecule has 0 atom stereocenters. The second-order valence-corrected chi connectivity index (χ2v) is 9.27. The zero-order valence-corrected chi connectivity index (χ0v) is 12.3. The van der Waals surface area contributed by atoms with Crippen molar-refractivity contribution in [3.8, 4) is 0 Å². The lowest BCUT2D eigenvalue weighted by Crippen LogP contribution is -2.42. The van der Waals surface area contributed by atoms with Gasteiger partial charge in [-0.3, -0.25) is 0 Å². The van der Waals surface area contributed by atoms with Gasteiger partial charge in [0.05, 0.1) is 0 Å². The van der Waals surface area contributed by atoms with E-state index in [9.17, 15) is 16.8 Å². The molecule has 6 nitrogen and oxygen atoms in total. The van der Waals surface area contributed by atoms with Gasteiger partial charge in [-0.1, -0.05) is 12.8 Å². The highest BCUT2D eigenvalue weighted by Gasteiger charge is 2.33. The molecular formula is C10H22N2O4S2. The standard InChI is InChI=1S/C10H22N2O4S2/c1-17(13,14)9-18(15,16)12(8-4-7-11)10-5-2-3-6-10/h10H,2-9,11H2,1H3. The fourth-order valence-electron chi connectivity index (χ4n) is 2.33. The van der Waals surface area contributed by atoms with E-state index in [-0.39, 0.29) is 6.04 Å². The zero-order chi connectivity index (χ0) is 13.8. The summed E-state index contributed by atoms with van der Waals surface area (Å²) in [5.74, 6) is 0. The maximum Gasteiger partial charge on any atom is 0.228 e. The third-order valence-corrected chi connectivity index (χ3v) is 7.13. The molecule has 0 aromatic carbocycles. The Hall–Kier alpha value is -0.180. The summed E-state index contributed by atoms with van der Waals surface area (Å²) in [4.78, 5) is 0. The minimum absolute atomic E-state index is 0.0525. The van der Waals surface area contributed by atoms with Crippen molar-refractivity contribution in [2.75, 3.05) is 24.4 Å². The SMILES string of the molecule is CS(=O)(=O)CS(=O)(=O)N(CCCN)C1CCCC1. The molecule has 0 radical (unpaired) electrons. The largest absolute Gasteiger partial charge is 0.330 e. The first kappa shape index (κ1) is 15.9. The first-order chi connectivity index (χ1) is 8.26. The Morgan fingerprint density at radius 1 is 1.17 bits per heavy atom. The Morgan fingerprint density at radius 3 is 2.17 bits per heavy atom. The summed E-state index contributed by atoms with van der Waals surface area (Å²) >= 11 is 0. The monoisotopic (exact) mass is 298 g/mol. The van der Waals surface area contributed by atoms with Crippen molar-refractivity contribution in [3.63, 3.8) is 0 Å². The molecule has 0 heterocycles. The van der Waals surface area contributed by atoms with Gasteiger partial charge in [-0.15, -0.1) is 0 Å². The van der Waals surface area contributed by atoms with Crippen LogP contribution in [0.2, 0.25) is 0 Å². The van der Waals surface area contributed by atoms with Crippen LogP contribution >= 0.6 is 0 Å². The van der Waals surface area contributed by atoms with E-state index < -0.39 is 24.9 Å². The van der Waals surface area contributed by atoms with Crippen LogP contribution in [0.4, 0.5) is 0 Å². The van der Waals surface area contributed by atoms with Crippen LogP contribution in [0.3, 0.4) is 0 Å². The maximum absolute atomic E-state index is 12.1. The van der Waals surface area contributed by atoms with Crippen LogP contribution in [-0.2, 0) is 19.9 Å². The highest BCUT2D eigenvalue weighted by molar-refractivity contribution is 8.06. The van der Waals surface area contributed by atoms with E-state index in [0.717, 1.165) is 31.9 Å². The van der Waals surface area contributed by atoms with Crippen LogP contribution < -0.4 is 5.73 Å². The number of hydrogen-bond acceptors (Lipinski definition) is 5. The van der Waals surface area contributed by atoms with Gasteiger partial charge in [-0.25, -0.2) is 16.8 Å². The van der Waals surface area contributed by atoms with Crippen LogP contribution in [-0.4, -0.2) is 51.6 Å². The number of hydrogen-bond donors (Lipinski definition) is 1. The Balaban J connectivity index is 2.86. The first-order valence-corrected chi connectivity index (χ1v) is 9.80. The Labute approximate surface area is 110 Å². The molecule has 1 aliphatic carbocycles. The molecule has 0 amide bonds. The second kappa shape index (κ2) is 6.31. The van der Waals surface area contributed by atoms with Crippen molar-refractivity contribution in [2.45, 2.75) is 38.1 Å². The average molecular weight is 298 g/mol. The Kier molecular flexibility index (Phi) is 5.57. The Morgan fingerprint density at radius 2 is 1.72 bits per heavy atom. The molecule has 108 valence electrons. The van der Waals surface area contributed by atoms with Crippen molar-refractivity contribution in [1.82, 2.24) is 4.31 Å². The molecule has 1 saturated carbocycles. The smallest absolute Gasteiger partial charge is 0.228 e. The summed E-state index contributed by atoms with van der Waals surface area (Å²) in [5, 5.41) is -0.804. The molecule has 0 saturated heterocycles. The molecule has 1 fully saturated rings. The normalized spacial score (nSPS) is 18.6. The minimum atomic E-state index is -3.75. The number of nitrogens with zero attached hydrogens (tertiary/aromatic N) is 1. The summed E-state index contributed by atoms with van der Waals surface area (Å²) in [6, 6.07) is -0.0525. The molecule has 0 aromatic rings. The lowest BCUT2D eigenvalue weighted by molar-refractivity contribution is 0.322. The topological polar surface area (TPSA) is 97.5 Å². The molecular weight excluding hydrogens is 276 g/mol. The fourth-order valence-corrected chi connectivity index (χ4v) is 6.10. The summed E-state index contributed by atoms with van der Waals surface area (Å²) in [5.41, 5.74) is 5.41. The van der Waals surface area contributed by atoms with Crippen molar-refractivity contribution in [3.05, 3.63) is 0 Å². The summed E-state index contributed by atoms with van der Waals surface area (Å²) in [7, 11) is -7.29. The van der Waals surface area contributed by atoms with Gasteiger partial charge in [-0.05, 0) is 25.8 Å². The van der Waals surface area contributed by atoms with E-state index in [2.05, 4.69) is 0 Å². The lowest BCUT2D eigenvalue weighted by Gasteiger charge is -2.27. The molecule has 1 rings (SSSR count). The number of nitrogens with two attached hydrogens (primary N) is 1. The molecule has 0 aromatic heterocycles. The second-order valence-electron chi connectivity index (χ2n) is 4.85.